The Kier molecular flexibility index (Phi) is 1.89. The van der Waals surface area contributed by atoms with E-state index in [-0.39, 0.29) is 6.10 Å². The van der Waals surface area contributed by atoms with E-state index in [1.54, 1.807) is 0 Å². The van der Waals surface area contributed by atoms with E-state index in [1.165, 1.54) is 5.56 Å². The molecule has 0 spiro atoms. The van der Waals surface area contributed by atoms with Crippen LogP contribution in [0.15, 0.2) is 30.3 Å². The van der Waals surface area contributed by atoms with E-state index in [0.717, 1.165) is 6.42 Å². The van der Waals surface area contributed by atoms with Crippen LogP contribution < -0.4 is 0 Å². The van der Waals surface area contributed by atoms with Crippen molar-refractivity contribution >= 4 is 0 Å². The van der Waals surface area contributed by atoms with E-state index in [4.69, 9.17) is 0 Å². The number of hydrogen-bond donors (Lipinski definition) is 1. The lowest BCUT2D eigenvalue weighted by Crippen LogP contribution is -2.03. The molecule has 1 aromatic carbocycles. The summed E-state index contributed by atoms with van der Waals surface area (Å²) in [5, 5.41) is 9.32. The average molecular weight is 162 g/mol. The van der Waals surface area contributed by atoms with Crippen molar-refractivity contribution in [3.8, 4) is 0 Å². The summed E-state index contributed by atoms with van der Waals surface area (Å²) in [6.07, 6.45) is 1.01. The topological polar surface area (TPSA) is 20.2 Å². The van der Waals surface area contributed by atoms with E-state index in [0.29, 0.717) is 11.8 Å². The molecule has 0 aromatic heterocycles. The number of hydrogen-bond acceptors (Lipinski definition) is 1. The maximum Gasteiger partial charge on any atom is 0.0546 e. The molecule has 1 fully saturated rings. The van der Waals surface area contributed by atoms with Crippen LogP contribution in [0.4, 0.5) is 0 Å². The molecular formula is C11H14O. The van der Waals surface area contributed by atoms with Crippen LogP contribution >= 0.6 is 0 Å². The lowest BCUT2D eigenvalue weighted by atomic mass is 10.1. The van der Waals surface area contributed by atoms with Crippen molar-refractivity contribution in [1.29, 1.82) is 0 Å². The van der Waals surface area contributed by atoms with E-state index in [1.807, 2.05) is 13.0 Å². The van der Waals surface area contributed by atoms with Crippen molar-refractivity contribution in [1.82, 2.24) is 0 Å². The first kappa shape index (κ1) is 7.81. The van der Waals surface area contributed by atoms with Gasteiger partial charge in [-0.3, -0.25) is 0 Å². The van der Waals surface area contributed by atoms with Crippen LogP contribution in [-0.2, 0) is 0 Å². The van der Waals surface area contributed by atoms with Crippen LogP contribution in [-0.4, -0.2) is 11.2 Å². The molecule has 0 unspecified atom stereocenters. The highest BCUT2D eigenvalue weighted by atomic mass is 16.3. The van der Waals surface area contributed by atoms with Crippen LogP contribution in [0.25, 0.3) is 0 Å². The van der Waals surface area contributed by atoms with Gasteiger partial charge in [0.25, 0.3) is 0 Å². The van der Waals surface area contributed by atoms with Gasteiger partial charge in [0.2, 0.25) is 0 Å². The molecule has 0 heterocycles. The van der Waals surface area contributed by atoms with Gasteiger partial charge in [-0.2, -0.15) is 0 Å². The molecule has 0 aliphatic heterocycles. The molecule has 1 aromatic rings. The first-order valence-electron chi connectivity index (χ1n) is 4.52. The van der Waals surface area contributed by atoms with Gasteiger partial charge < -0.3 is 5.11 Å². The lowest BCUT2D eigenvalue weighted by Gasteiger charge is -2.02. The number of benzene rings is 1. The Morgan fingerprint density at radius 2 is 2.00 bits per heavy atom. The smallest absolute Gasteiger partial charge is 0.0546 e. The van der Waals surface area contributed by atoms with Gasteiger partial charge in [0.1, 0.15) is 0 Å². The second-order valence-corrected chi connectivity index (χ2v) is 3.66. The summed E-state index contributed by atoms with van der Waals surface area (Å²) in [5.41, 5.74) is 1.38. The largest absolute Gasteiger partial charge is 0.393 e. The van der Waals surface area contributed by atoms with Crippen molar-refractivity contribution in [2.75, 3.05) is 0 Å². The quantitative estimate of drug-likeness (QED) is 0.706. The minimum atomic E-state index is -0.143. The number of aliphatic hydroxyl groups excluding tert-OH is 1. The van der Waals surface area contributed by atoms with E-state index in [2.05, 4.69) is 24.3 Å². The highest BCUT2D eigenvalue weighted by Gasteiger charge is 2.41. The van der Waals surface area contributed by atoms with Gasteiger partial charge in [0, 0.05) is 0 Å². The van der Waals surface area contributed by atoms with Crippen molar-refractivity contribution in [2.45, 2.75) is 25.4 Å². The maximum atomic E-state index is 9.32. The third-order valence-electron chi connectivity index (χ3n) is 2.69. The van der Waals surface area contributed by atoms with Crippen molar-refractivity contribution < 1.29 is 5.11 Å². The second-order valence-electron chi connectivity index (χ2n) is 3.66. The molecule has 12 heavy (non-hydrogen) atoms. The van der Waals surface area contributed by atoms with Crippen molar-refractivity contribution in [3.05, 3.63) is 35.9 Å². The molecule has 64 valence electrons. The first-order valence-corrected chi connectivity index (χ1v) is 4.52. The molecule has 1 N–H and O–H groups in total. The zero-order chi connectivity index (χ0) is 8.55. The zero-order valence-corrected chi connectivity index (χ0v) is 7.27. The van der Waals surface area contributed by atoms with Gasteiger partial charge in [0.15, 0.2) is 0 Å². The predicted octanol–water partition coefficient (Wildman–Crippen LogP) is 2.17. The molecule has 3 atom stereocenters. The van der Waals surface area contributed by atoms with Crippen LogP contribution in [0.2, 0.25) is 0 Å². The van der Waals surface area contributed by atoms with Gasteiger partial charge in [-0.25, -0.2) is 0 Å². The van der Waals surface area contributed by atoms with Gasteiger partial charge in [-0.15, -0.1) is 0 Å². The monoisotopic (exact) mass is 162 g/mol. The molecule has 0 saturated heterocycles. The Morgan fingerprint density at radius 1 is 1.33 bits per heavy atom. The van der Waals surface area contributed by atoms with Crippen LogP contribution in [0.5, 0.6) is 0 Å². The summed E-state index contributed by atoms with van der Waals surface area (Å²) in [4.78, 5) is 0. The van der Waals surface area contributed by atoms with Crippen LogP contribution in [0, 0.1) is 5.92 Å². The van der Waals surface area contributed by atoms with E-state index >= 15 is 0 Å². The van der Waals surface area contributed by atoms with E-state index < -0.39 is 0 Å². The van der Waals surface area contributed by atoms with Crippen LogP contribution in [0.1, 0.15) is 24.8 Å². The predicted molar refractivity (Wildman–Crippen MR) is 49.0 cm³/mol. The molecule has 1 aliphatic carbocycles. The Morgan fingerprint density at radius 3 is 2.50 bits per heavy atom. The second kappa shape index (κ2) is 2.91. The Bertz CT molecular complexity index is 253. The first-order chi connectivity index (χ1) is 5.79. The lowest BCUT2D eigenvalue weighted by molar-refractivity contribution is 0.169. The fourth-order valence-corrected chi connectivity index (χ4v) is 1.83. The summed E-state index contributed by atoms with van der Waals surface area (Å²) in [6, 6.07) is 10.4. The molecular weight excluding hydrogens is 148 g/mol. The SMILES string of the molecule is C[C@H](O)[C@@H]1C[C@@H]1c1ccccc1. The Hall–Kier alpha value is -0.820. The maximum absolute atomic E-state index is 9.32. The van der Waals surface area contributed by atoms with Crippen molar-refractivity contribution in [3.63, 3.8) is 0 Å². The fraction of sp³-hybridized carbons (Fsp3) is 0.455. The third kappa shape index (κ3) is 1.37. The average Bonchev–Trinajstić information content (AvgIpc) is 2.84. The zero-order valence-electron chi connectivity index (χ0n) is 7.27. The Labute approximate surface area is 73.0 Å². The Balaban J connectivity index is 2.06. The molecule has 0 amide bonds. The molecule has 0 bridgehead atoms. The minimum absolute atomic E-state index is 0.143. The molecule has 1 heteroatoms. The standard InChI is InChI=1S/C11H14O/c1-8(12)10-7-11(10)9-5-3-2-4-6-9/h2-6,8,10-12H,7H2,1H3/t8-,10-,11+/m0/s1. The highest BCUT2D eigenvalue weighted by Crippen LogP contribution is 2.49. The summed E-state index contributed by atoms with van der Waals surface area (Å²) >= 11 is 0. The molecule has 1 nitrogen and oxygen atoms in total. The van der Waals surface area contributed by atoms with Crippen molar-refractivity contribution in [2.24, 2.45) is 5.92 Å². The van der Waals surface area contributed by atoms with Gasteiger partial charge in [0.05, 0.1) is 6.10 Å². The van der Waals surface area contributed by atoms with Gasteiger partial charge in [-0.1, -0.05) is 30.3 Å². The highest BCUT2D eigenvalue weighted by molar-refractivity contribution is 5.25. The fourth-order valence-electron chi connectivity index (χ4n) is 1.83. The molecule has 1 aliphatic rings. The molecule has 1 saturated carbocycles. The molecule has 0 radical (unpaired) electrons. The van der Waals surface area contributed by atoms with Gasteiger partial charge in [-0.05, 0) is 30.7 Å². The molecule has 2 rings (SSSR count). The number of rotatable bonds is 2. The normalized spacial score (nSPS) is 29.8. The minimum Gasteiger partial charge on any atom is -0.393 e. The summed E-state index contributed by atoms with van der Waals surface area (Å²) in [7, 11) is 0. The summed E-state index contributed by atoms with van der Waals surface area (Å²) in [6.45, 7) is 1.88. The van der Waals surface area contributed by atoms with Crippen LogP contribution in [0.3, 0.4) is 0 Å². The summed E-state index contributed by atoms with van der Waals surface area (Å²) in [5.74, 6) is 1.12. The van der Waals surface area contributed by atoms with E-state index in [9.17, 15) is 5.11 Å². The number of aliphatic hydroxyl groups is 1. The summed E-state index contributed by atoms with van der Waals surface area (Å²) < 4.78 is 0. The third-order valence-corrected chi connectivity index (χ3v) is 2.69. The van der Waals surface area contributed by atoms with Gasteiger partial charge >= 0.3 is 0 Å².